The van der Waals surface area contributed by atoms with Gasteiger partial charge in [0.25, 0.3) is 5.91 Å². The van der Waals surface area contributed by atoms with Gasteiger partial charge in [-0.2, -0.15) is 5.26 Å². The molecule has 0 aromatic heterocycles. The van der Waals surface area contributed by atoms with Gasteiger partial charge in [-0.3, -0.25) is 4.79 Å². The highest BCUT2D eigenvalue weighted by molar-refractivity contribution is 6.11. The Kier molecular flexibility index (Phi) is 3.05. The molecule has 1 aliphatic heterocycles. The van der Waals surface area contributed by atoms with Crippen LogP contribution in [-0.4, -0.2) is 11.0 Å². The van der Waals surface area contributed by atoms with Gasteiger partial charge in [0.15, 0.2) is 5.72 Å². The van der Waals surface area contributed by atoms with Crippen molar-refractivity contribution in [2.24, 2.45) is 0 Å². The Labute approximate surface area is 122 Å². The summed E-state index contributed by atoms with van der Waals surface area (Å²) in [5.74, 6) is -0.567. The second-order valence-corrected chi connectivity index (χ2v) is 4.76. The minimum absolute atomic E-state index is 0.0625. The monoisotopic (exact) mass is 276 g/mol. The Morgan fingerprint density at radius 2 is 1.57 bits per heavy atom. The standard InChI is InChI=1S/C17H12N2O2/c18-11-14-15(12-7-3-1-4-8-12)17(21,19-16(14)20)13-9-5-2-6-10-13/h1-10,21H,(H,19,20)/t17-/m0/s1. The maximum atomic E-state index is 12.0. The summed E-state index contributed by atoms with van der Waals surface area (Å²) < 4.78 is 0. The van der Waals surface area contributed by atoms with Crippen LogP contribution in [0.2, 0.25) is 0 Å². The molecular weight excluding hydrogens is 264 g/mol. The fourth-order valence-electron chi connectivity index (χ4n) is 2.54. The number of nitrogens with one attached hydrogen (secondary N) is 1. The Morgan fingerprint density at radius 1 is 1.00 bits per heavy atom. The zero-order valence-corrected chi connectivity index (χ0v) is 11.1. The Balaban J connectivity index is 2.26. The van der Waals surface area contributed by atoms with Crippen molar-refractivity contribution < 1.29 is 9.90 Å². The molecule has 0 unspecified atom stereocenters. The van der Waals surface area contributed by atoms with Crippen LogP contribution in [0.1, 0.15) is 11.1 Å². The number of benzene rings is 2. The van der Waals surface area contributed by atoms with Gasteiger partial charge >= 0.3 is 0 Å². The minimum Gasteiger partial charge on any atom is -0.363 e. The van der Waals surface area contributed by atoms with Gasteiger partial charge < -0.3 is 10.4 Å². The van der Waals surface area contributed by atoms with Gasteiger partial charge in [-0.1, -0.05) is 60.7 Å². The number of hydrogen-bond acceptors (Lipinski definition) is 3. The molecule has 1 amide bonds. The van der Waals surface area contributed by atoms with Crippen LogP contribution >= 0.6 is 0 Å². The molecule has 3 rings (SSSR count). The highest BCUT2D eigenvalue weighted by Crippen LogP contribution is 2.40. The lowest BCUT2D eigenvalue weighted by atomic mass is 9.89. The average molecular weight is 276 g/mol. The lowest BCUT2D eigenvalue weighted by molar-refractivity contribution is -0.120. The first-order valence-electron chi connectivity index (χ1n) is 6.47. The van der Waals surface area contributed by atoms with Gasteiger partial charge in [0, 0.05) is 11.1 Å². The van der Waals surface area contributed by atoms with E-state index >= 15 is 0 Å². The molecular formula is C17H12N2O2. The molecule has 0 spiro atoms. The fraction of sp³-hybridized carbons (Fsp3) is 0.0588. The topological polar surface area (TPSA) is 73.1 Å². The molecule has 0 saturated carbocycles. The number of carbonyl (C=O) groups is 1. The quantitative estimate of drug-likeness (QED) is 0.880. The Bertz CT molecular complexity index is 760. The summed E-state index contributed by atoms with van der Waals surface area (Å²) >= 11 is 0. The third-order valence-electron chi connectivity index (χ3n) is 3.50. The first-order chi connectivity index (χ1) is 10.2. The summed E-state index contributed by atoms with van der Waals surface area (Å²) in [7, 11) is 0. The van der Waals surface area contributed by atoms with Gasteiger partial charge in [-0.25, -0.2) is 0 Å². The summed E-state index contributed by atoms with van der Waals surface area (Å²) in [5.41, 5.74) is -0.305. The van der Waals surface area contributed by atoms with Crippen LogP contribution in [0.15, 0.2) is 66.2 Å². The van der Waals surface area contributed by atoms with Crippen molar-refractivity contribution in [3.05, 3.63) is 77.4 Å². The lowest BCUT2D eigenvalue weighted by Crippen LogP contribution is -2.41. The predicted molar refractivity (Wildman–Crippen MR) is 77.5 cm³/mol. The Morgan fingerprint density at radius 3 is 2.14 bits per heavy atom. The van der Waals surface area contributed by atoms with Gasteiger partial charge in [0.05, 0.1) is 0 Å². The molecule has 102 valence electrons. The lowest BCUT2D eigenvalue weighted by Gasteiger charge is -2.27. The zero-order chi connectivity index (χ0) is 14.9. The van der Waals surface area contributed by atoms with Crippen molar-refractivity contribution in [2.75, 3.05) is 0 Å². The molecule has 1 aliphatic rings. The second-order valence-electron chi connectivity index (χ2n) is 4.76. The number of carbonyl (C=O) groups excluding carboxylic acids is 1. The number of nitrogens with zero attached hydrogens (tertiary/aromatic N) is 1. The van der Waals surface area contributed by atoms with Crippen LogP contribution in [0.3, 0.4) is 0 Å². The molecule has 0 fully saturated rings. The van der Waals surface area contributed by atoms with Crippen molar-refractivity contribution in [1.29, 1.82) is 5.26 Å². The SMILES string of the molecule is N#CC1=C(c2ccccc2)[C@@](O)(c2ccccc2)NC1=O. The van der Waals surface area contributed by atoms with E-state index in [9.17, 15) is 15.2 Å². The molecule has 2 aromatic carbocycles. The van der Waals surface area contributed by atoms with Crippen LogP contribution < -0.4 is 5.32 Å². The van der Waals surface area contributed by atoms with Crippen molar-refractivity contribution in [1.82, 2.24) is 5.32 Å². The predicted octanol–water partition coefficient (Wildman–Crippen LogP) is 1.94. The van der Waals surface area contributed by atoms with Crippen LogP contribution in [0.5, 0.6) is 0 Å². The average Bonchev–Trinajstić information content (AvgIpc) is 2.80. The zero-order valence-electron chi connectivity index (χ0n) is 11.1. The van der Waals surface area contributed by atoms with Gasteiger partial charge in [0.1, 0.15) is 11.6 Å². The van der Waals surface area contributed by atoms with Gasteiger partial charge in [-0.15, -0.1) is 0 Å². The van der Waals surface area contributed by atoms with Crippen LogP contribution in [0.4, 0.5) is 0 Å². The van der Waals surface area contributed by atoms with E-state index in [1.54, 1.807) is 48.5 Å². The molecule has 4 heteroatoms. The number of hydrogen-bond donors (Lipinski definition) is 2. The van der Waals surface area contributed by atoms with Crippen molar-refractivity contribution >= 4 is 11.5 Å². The molecule has 2 aromatic rings. The highest BCUT2D eigenvalue weighted by Gasteiger charge is 2.45. The van der Waals surface area contributed by atoms with Crippen molar-refractivity contribution in [3.8, 4) is 6.07 Å². The van der Waals surface area contributed by atoms with Crippen LogP contribution in [-0.2, 0) is 10.5 Å². The molecule has 1 heterocycles. The van der Waals surface area contributed by atoms with E-state index in [2.05, 4.69) is 5.32 Å². The molecule has 2 N–H and O–H groups in total. The van der Waals surface area contributed by atoms with Crippen molar-refractivity contribution in [2.45, 2.75) is 5.72 Å². The number of nitriles is 1. The molecule has 4 nitrogen and oxygen atoms in total. The molecule has 0 bridgehead atoms. The normalized spacial score (nSPS) is 21.0. The summed E-state index contributed by atoms with van der Waals surface area (Å²) in [4.78, 5) is 12.0. The molecule has 0 aliphatic carbocycles. The summed E-state index contributed by atoms with van der Waals surface area (Å²) in [5, 5.41) is 22.8. The van der Waals surface area contributed by atoms with E-state index in [0.29, 0.717) is 16.7 Å². The second kappa shape index (κ2) is 4.89. The molecule has 1 atom stereocenters. The summed E-state index contributed by atoms with van der Waals surface area (Å²) in [6, 6.07) is 19.6. The first kappa shape index (κ1) is 13.1. The van der Waals surface area contributed by atoms with E-state index in [1.807, 2.05) is 18.2 Å². The first-order valence-corrected chi connectivity index (χ1v) is 6.47. The summed E-state index contributed by atoms with van der Waals surface area (Å²) in [6.07, 6.45) is 0. The van der Waals surface area contributed by atoms with Crippen molar-refractivity contribution in [3.63, 3.8) is 0 Å². The fourth-order valence-corrected chi connectivity index (χ4v) is 2.54. The molecule has 21 heavy (non-hydrogen) atoms. The van der Waals surface area contributed by atoms with Gasteiger partial charge in [0.2, 0.25) is 0 Å². The van der Waals surface area contributed by atoms with Gasteiger partial charge in [-0.05, 0) is 5.56 Å². The van der Waals surface area contributed by atoms with E-state index in [0.717, 1.165) is 0 Å². The highest BCUT2D eigenvalue weighted by atomic mass is 16.3. The maximum absolute atomic E-state index is 12.0. The number of rotatable bonds is 2. The summed E-state index contributed by atoms with van der Waals surface area (Å²) in [6.45, 7) is 0. The number of amides is 1. The van der Waals surface area contributed by atoms with E-state index in [-0.39, 0.29) is 5.57 Å². The van der Waals surface area contributed by atoms with E-state index in [1.165, 1.54) is 0 Å². The minimum atomic E-state index is -1.69. The smallest absolute Gasteiger partial charge is 0.265 e. The van der Waals surface area contributed by atoms with E-state index in [4.69, 9.17) is 0 Å². The molecule has 0 saturated heterocycles. The molecule has 0 radical (unpaired) electrons. The van der Waals surface area contributed by atoms with Crippen LogP contribution in [0.25, 0.3) is 5.57 Å². The number of aliphatic hydroxyl groups is 1. The third kappa shape index (κ3) is 2.00. The third-order valence-corrected chi connectivity index (χ3v) is 3.50. The van der Waals surface area contributed by atoms with E-state index < -0.39 is 11.6 Å². The largest absolute Gasteiger partial charge is 0.363 e. The maximum Gasteiger partial charge on any atom is 0.265 e. The van der Waals surface area contributed by atoms with Crippen LogP contribution in [0, 0.1) is 11.3 Å². The Hall–Kier alpha value is -2.90.